The van der Waals surface area contributed by atoms with Gasteiger partial charge in [-0.05, 0) is 27.2 Å². The van der Waals surface area contributed by atoms with E-state index in [1.54, 1.807) is 0 Å². The Balaban J connectivity index is 2.68. The van der Waals surface area contributed by atoms with Gasteiger partial charge in [-0.2, -0.15) is 0 Å². The monoisotopic (exact) mass is 285 g/mol. The van der Waals surface area contributed by atoms with Gasteiger partial charge in [-0.15, -0.1) is 10.2 Å². The number of carbonyl (C=O) groups excluding carboxylic acids is 1. The quantitative estimate of drug-likeness (QED) is 0.734. The molecule has 0 fully saturated rings. The van der Waals surface area contributed by atoms with Crippen molar-refractivity contribution in [3.05, 3.63) is 5.82 Å². The molecule has 19 heavy (non-hydrogen) atoms. The van der Waals surface area contributed by atoms with Crippen molar-refractivity contribution in [2.75, 3.05) is 0 Å². The summed E-state index contributed by atoms with van der Waals surface area (Å²) in [5, 5.41) is 11.6. The summed E-state index contributed by atoms with van der Waals surface area (Å²) in [7, 11) is 0. The van der Waals surface area contributed by atoms with Crippen LogP contribution in [0, 0.1) is 0 Å². The van der Waals surface area contributed by atoms with Gasteiger partial charge in [-0.1, -0.05) is 18.7 Å². The molecule has 1 aromatic heterocycles. The molecule has 0 aromatic carbocycles. The molecule has 2 atom stereocenters. The van der Waals surface area contributed by atoms with E-state index in [9.17, 15) is 4.79 Å². The van der Waals surface area contributed by atoms with Crippen molar-refractivity contribution in [1.29, 1.82) is 0 Å². The lowest BCUT2D eigenvalue weighted by Crippen LogP contribution is -2.37. The third-order valence-electron chi connectivity index (χ3n) is 2.94. The van der Waals surface area contributed by atoms with Gasteiger partial charge in [0, 0.05) is 12.6 Å². The van der Waals surface area contributed by atoms with Crippen LogP contribution in [0.4, 0.5) is 0 Å². The summed E-state index contributed by atoms with van der Waals surface area (Å²) in [6.45, 7) is 9.03. The Bertz CT molecular complexity index is 420. The molecule has 3 N–H and O–H groups in total. The van der Waals surface area contributed by atoms with Gasteiger partial charge in [0.1, 0.15) is 5.82 Å². The summed E-state index contributed by atoms with van der Waals surface area (Å²) in [6.07, 6.45) is 0.922. The van der Waals surface area contributed by atoms with Gasteiger partial charge in [0.15, 0.2) is 5.16 Å². The molecule has 0 radical (unpaired) electrons. The second-order valence-corrected chi connectivity index (χ2v) is 5.73. The maximum absolute atomic E-state index is 12.0. The van der Waals surface area contributed by atoms with E-state index in [0.29, 0.717) is 6.54 Å². The highest BCUT2D eigenvalue weighted by atomic mass is 32.2. The van der Waals surface area contributed by atoms with Crippen molar-refractivity contribution < 1.29 is 4.79 Å². The van der Waals surface area contributed by atoms with E-state index in [-0.39, 0.29) is 17.2 Å². The molecule has 1 heterocycles. The summed E-state index contributed by atoms with van der Waals surface area (Å²) in [5.41, 5.74) is 5.60. The molecule has 0 aliphatic rings. The molecule has 2 unspecified atom stereocenters. The van der Waals surface area contributed by atoms with Crippen LogP contribution in [-0.4, -0.2) is 32.0 Å². The molecule has 108 valence electrons. The molecule has 1 aromatic rings. The first kappa shape index (κ1) is 16.0. The standard InChI is InChI=1S/C12H23N5OS/c1-5-8(3)14-11(18)9(4)19-12-16-15-10(7-13)17(12)6-2/h8-9H,5-7,13H2,1-4H3,(H,14,18). The van der Waals surface area contributed by atoms with E-state index in [1.807, 2.05) is 32.3 Å². The Morgan fingerprint density at radius 2 is 2.11 bits per heavy atom. The maximum Gasteiger partial charge on any atom is 0.233 e. The second-order valence-electron chi connectivity index (χ2n) is 4.43. The number of amides is 1. The Kier molecular flexibility index (Phi) is 6.30. The Morgan fingerprint density at radius 1 is 1.42 bits per heavy atom. The van der Waals surface area contributed by atoms with E-state index >= 15 is 0 Å². The molecular formula is C12H23N5OS. The topological polar surface area (TPSA) is 85.8 Å². The molecule has 6 nitrogen and oxygen atoms in total. The zero-order chi connectivity index (χ0) is 14.4. The fraction of sp³-hybridized carbons (Fsp3) is 0.750. The van der Waals surface area contributed by atoms with Crippen LogP contribution in [0.1, 0.15) is 39.9 Å². The first-order valence-corrected chi connectivity index (χ1v) is 7.50. The molecular weight excluding hydrogens is 262 g/mol. The van der Waals surface area contributed by atoms with Gasteiger partial charge < -0.3 is 15.6 Å². The third kappa shape index (κ3) is 4.21. The Morgan fingerprint density at radius 3 is 2.63 bits per heavy atom. The molecule has 0 bridgehead atoms. The summed E-state index contributed by atoms with van der Waals surface area (Å²) < 4.78 is 1.94. The smallest absolute Gasteiger partial charge is 0.233 e. The third-order valence-corrected chi connectivity index (χ3v) is 4.03. The van der Waals surface area contributed by atoms with Crippen LogP contribution in [0.15, 0.2) is 5.16 Å². The number of carbonyl (C=O) groups is 1. The van der Waals surface area contributed by atoms with Gasteiger partial charge in [-0.3, -0.25) is 4.79 Å². The van der Waals surface area contributed by atoms with E-state index in [4.69, 9.17) is 5.73 Å². The number of rotatable bonds is 7. The van der Waals surface area contributed by atoms with Crippen LogP contribution in [0.5, 0.6) is 0 Å². The van der Waals surface area contributed by atoms with E-state index < -0.39 is 0 Å². The summed E-state index contributed by atoms with van der Waals surface area (Å²) in [5.74, 6) is 0.777. The lowest BCUT2D eigenvalue weighted by Gasteiger charge is -2.16. The molecule has 0 saturated heterocycles. The minimum atomic E-state index is -0.200. The van der Waals surface area contributed by atoms with Crippen molar-refractivity contribution >= 4 is 17.7 Å². The zero-order valence-electron chi connectivity index (χ0n) is 12.0. The maximum atomic E-state index is 12.0. The Hall–Kier alpha value is -1.08. The first-order chi connectivity index (χ1) is 9.03. The molecule has 0 aliphatic carbocycles. The molecule has 1 rings (SSSR count). The highest BCUT2D eigenvalue weighted by Gasteiger charge is 2.19. The van der Waals surface area contributed by atoms with Crippen LogP contribution in [-0.2, 0) is 17.9 Å². The van der Waals surface area contributed by atoms with Crippen molar-refractivity contribution in [2.24, 2.45) is 5.73 Å². The van der Waals surface area contributed by atoms with Crippen LogP contribution in [0.3, 0.4) is 0 Å². The summed E-state index contributed by atoms with van der Waals surface area (Å²) in [6, 6.07) is 0.194. The average Bonchev–Trinajstić information content (AvgIpc) is 2.80. The van der Waals surface area contributed by atoms with E-state index in [2.05, 4.69) is 15.5 Å². The molecule has 1 amide bonds. The van der Waals surface area contributed by atoms with Crippen molar-refractivity contribution in [3.8, 4) is 0 Å². The number of nitrogens with zero attached hydrogens (tertiary/aromatic N) is 3. The second kappa shape index (κ2) is 7.49. The SMILES string of the molecule is CCC(C)NC(=O)C(C)Sc1nnc(CN)n1CC. The van der Waals surface area contributed by atoms with Gasteiger partial charge in [0.25, 0.3) is 0 Å². The van der Waals surface area contributed by atoms with Crippen molar-refractivity contribution in [3.63, 3.8) is 0 Å². The molecule has 0 saturated carbocycles. The van der Waals surface area contributed by atoms with Gasteiger partial charge in [0.2, 0.25) is 5.91 Å². The minimum Gasteiger partial charge on any atom is -0.353 e. The van der Waals surface area contributed by atoms with Gasteiger partial charge in [0.05, 0.1) is 11.8 Å². The van der Waals surface area contributed by atoms with Crippen LogP contribution < -0.4 is 11.1 Å². The predicted octanol–water partition coefficient (Wildman–Crippen LogP) is 1.15. The number of hydrogen-bond donors (Lipinski definition) is 2. The minimum absolute atomic E-state index is 0.0271. The van der Waals surface area contributed by atoms with Gasteiger partial charge >= 0.3 is 0 Å². The highest BCUT2D eigenvalue weighted by Crippen LogP contribution is 2.22. The number of thioether (sulfide) groups is 1. The number of hydrogen-bond acceptors (Lipinski definition) is 5. The number of nitrogens with one attached hydrogen (secondary N) is 1. The summed E-state index contributed by atoms with van der Waals surface area (Å²) >= 11 is 1.41. The summed E-state index contributed by atoms with van der Waals surface area (Å²) in [4.78, 5) is 12.0. The van der Waals surface area contributed by atoms with Crippen LogP contribution >= 0.6 is 11.8 Å². The zero-order valence-corrected chi connectivity index (χ0v) is 12.8. The lowest BCUT2D eigenvalue weighted by molar-refractivity contribution is -0.120. The highest BCUT2D eigenvalue weighted by molar-refractivity contribution is 8.00. The van der Waals surface area contributed by atoms with Gasteiger partial charge in [-0.25, -0.2) is 0 Å². The van der Waals surface area contributed by atoms with Crippen LogP contribution in [0.2, 0.25) is 0 Å². The number of aromatic nitrogens is 3. The Labute approximate surface area is 118 Å². The van der Waals surface area contributed by atoms with E-state index in [1.165, 1.54) is 11.8 Å². The lowest BCUT2D eigenvalue weighted by atomic mass is 10.2. The molecule has 7 heteroatoms. The van der Waals surface area contributed by atoms with E-state index in [0.717, 1.165) is 23.9 Å². The fourth-order valence-electron chi connectivity index (χ4n) is 1.55. The fourth-order valence-corrected chi connectivity index (χ4v) is 2.49. The molecule has 0 spiro atoms. The normalized spacial score (nSPS) is 14.2. The predicted molar refractivity (Wildman–Crippen MR) is 76.8 cm³/mol. The average molecular weight is 285 g/mol. The van der Waals surface area contributed by atoms with Crippen molar-refractivity contribution in [2.45, 2.75) is 63.7 Å². The number of nitrogens with two attached hydrogens (primary N) is 1. The first-order valence-electron chi connectivity index (χ1n) is 6.62. The largest absolute Gasteiger partial charge is 0.353 e. The molecule has 0 aliphatic heterocycles. The van der Waals surface area contributed by atoms with Crippen LogP contribution in [0.25, 0.3) is 0 Å². The van der Waals surface area contributed by atoms with Crippen molar-refractivity contribution in [1.82, 2.24) is 20.1 Å².